The quantitative estimate of drug-likeness (QED) is 0.544. The maximum Gasteiger partial charge on any atom is 0.417 e. The third-order valence-electron chi connectivity index (χ3n) is 2.82. The molecule has 22 heavy (non-hydrogen) atoms. The smallest absolute Gasteiger partial charge is 0.166 e. The van der Waals surface area contributed by atoms with Crippen molar-refractivity contribution in [2.45, 2.75) is 18.5 Å². The Balaban J connectivity index is 3.05. The van der Waals surface area contributed by atoms with E-state index in [-0.39, 0.29) is 0 Å². The number of halogens is 9. The summed E-state index contributed by atoms with van der Waals surface area (Å²) in [6.45, 7) is 0. The molecule has 0 aliphatic heterocycles. The summed E-state index contributed by atoms with van der Waals surface area (Å²) in [7, 11) is 0. The van der Waals surface area contributed by atoms with Crippen LogP contribution in [-0.4, -0.2) is 0 Å². The molecule has 0 amide bonds. The van der Waals surface area contributed by atoms with Crippen molar-refractivity contribution >= 4 is 10.8 Å². The van der Waals surface area contributed by atoms with Gasteiger partial charge in [0.25, 0.3) is 0 Å². The zero-order chi connectivity index (χ0) is 16.9. The zero-order valence-electron chi connectivity index (χ0n) is 10.2. The minimum atomic E-state index is -5.63. The van der Waals surface area contributed by atoms with Crippen LogP contribution < -0.4 is 0 Å². The van der Waals surface area contributed by atoms with E-state index in [1.807, 2.05) is 0 Å². The maximum atomic E-state index is 12.9. The largest absolute Gasteiger partial charge is 0.417 e. The third kappa shape index (κ3) is 2.84. The van der Waals surface area contributed by atoms with Crippen LogP contribution in [0.5, 0.6) is 0 Å². The molecule has 0 bridgehead atoms. The number of rotatable bonds is 0. The van der Waals surface area contributed by atoms with Gasteiger partial charge in [-0.05, 0) is 10.8 Å². The predicted molar refractivity (Wildman–Crippen MR) is 57.8 cm³/mol. The average molecular weight is 331 g/mol. The maximum absolute atomic E-state index is 12.9. The van der Waals surface area contributed by atoms with E-state index in [4.69, 9.17) is 0 Å². The molecule has 0 aromatic heterocycles. The van der Waals surface area contributed by atoms with Crippen LogP contribution in [0.15, 0.2) is 24.3 Å². The number of fused-ring (bicyclic) bond motifs is 1. The van der Waals surface area contributed by atoms with Gasteiger partial charge in [0.05, 0.1) is 16.7 Å². The Hall–Kier alpha value is -1.93. The lowest BCUT2D eigenvalue weighted by Gasteiger charge is -2.20. The molecule has 0 heterocycles. The topological polar surface area (TPSA) is 0 Å². The van der Waals surface area contributed by atoms with Crippen LogP contribution in [0.4, 0.5) is 39.5 Å². The van der Waals surface area contributed by atoms with Crippen molar-refractivity contribution in [1.29, 1.82) is 0 Å². The van der Waals surface area contributed by atoms with Crippen LogP contribution in [0, 0.1) is 6.07 Å². The molecule has 0 saturated heterocycles. The summed E-state index contributed by atoms with van der Waals surface area (Å²) < 4.78 is 116. The van der Waals surface area contributed by atoms with E-state index in [1.54, 1.807) is 0 Å². The number of alkyl halides is 9. The fourth-order valence-corrected chi connectivity index (χ4v) is 2.04. The van der Waals surface area contributed by atoms with Gasteiger partial charge in [-0.3, -0.25) is 0 Å². The summed E-state index contributed by atoms with van der Waals surface area (Å²) in [5.74, 6) is 0. The first kappa shape index (κ1) is 16.4. The summed E-state index contributed by atoms with van der Waals surface area (Å²) >= 11 is 0. The molecule has 0 N–H and O–H groups in total. The second kappa shape index (κ2) is 4.79. The van der Waals surface area contributed by atoms with Crippen molar-refractivity contribution in [1.82, 2.24) is 0 Å². The van der Waals surface area contributed by atoms with Gasteiger partial charge in [-0.25, -0.2) is 0 Å². The Bertz CT molecular complexity index is 704. The molecule has 0 saturated carbocycles. The highest BCUT2D eigenvalue weighted by molar-refractivity contribution is 5.90. The first-order valence-electron chi connectivity index (χ1n) is 5.53. The monoisotopic (exact) mass is 331 g/mol. The van der Waals surface area contributed by atoms with Gasteiger partial charge in [0.2, 0.25) is 0 Å². The Morgan fingerprint density at radius 3 is 1.45 bits per heavy atom. The van der Waals surface area contributed by atoms with Crippen LogP contribution in [0.2, 0.25) is 0 Å². The molecule has 9 heteroatoms. The van der Waals surface area contributed by atoms with Crippen LogP contribution in [0.1, 0.15) is 16.7 Å². The molecule has 0 spiro atoms. The van der Waals surface area contributed by atoms with E-state index in [1.165, 1.54) is 0 Å². The highest BCUT2D eigenvalue weighted by Gasteiger charge is 2.47. The summed E-state index contributed by atoms with van der Waals surface area (Å²) in [4.78, 5) is 0. The average Bonchev–Trinajstić information content (AvgIpc) is 2.33. The van der Waals surface area contributed by atoms with E-state index in [2.05, 4.69) is 0 Å². The van der Waals surface area contributed by atoms with E-state index < -0.39 is 46.0 Å². The van der Waals surface area contributed by atoms with E-state index in [9.17, 15) is 39.5 Å². The van der Waals surface area contributed by atoms with Gasteiger partial charge in [-0.15, -0.1) is 0 Å². The van der Waals surface area contributed by atoms with Gasteiger partial charge in [-0.2, -0.15) is 39.5 Å². The van der Waals surface area contributed by atoms with Gasteiger partial charge < -0.3 is 0 Å². The lowest BCUT2D eigenvalue weighted by molar-refractivity contribution is -0.162. The highest BCUT2D eigenvalue weighted by Crippen LogP contribution is 2.47. The minimum absolute atomic E-state index is 0.566. The Labute approximate surface area is 117 Å². The van der Waals surface area contributed by atoms with Crippen LogP contribution in [0.25, 0.3) is 10.8 Å². The third-order valence-corrected chi connectivity index (χ3v) is 2.82. The van der Waals surface area contributed by atoms with Gasteiger partial charge in [-0.1, -0.05) is 24.3 Å². The second-order valence-corrected chi connectivity index (χ2v) is 4.29. The number of hydrogen-bond donors (Lipinski definition) is 0. The summed E-state index contributed by atoms with van der Waals surface area (Å²) in [5.41, 5.74) is -6.54. The van der Waals surface area contributed by atoms with E-state index in [0.29, 0.717) is 12.1 Å². The predicted octanol–water partition coefficient (Wildman–Crippen LogP) is 5.70. The highest BCUT2D eigenvalue weighted by atomic mass is 19.4. The van der Waals surface area contributed by atoms with E-state index in [0.717, 1.165) is 18.2 Å². The Kier molecular flexibility index (Phi) is 3.58. The SMILES string of the molecule is FC(F)(F)c1[c]c(C(F)(F)F)c2ccccc2c1C(F)(F)F. The van der Waals surface area contributed by atoms with Gasteiger partial charge in [0.1, 0.15) is 0 Å². The molecule has 0 aliphatic rings. The lowest BCUT2D eigenvalue weighted by atomic mass is 9.93. The molecular formula is C13H4F9. The minimum Gasteiger partial charge on any atom is -0.166 e. The van der Waals surface area contributed by atoms with Crippen molar-refractivity contribution in [3.8, 4) is 0 Å². The van der Waals surface area contributed by atoms with Crippen LogP contribution >= 0.6 is 0 Å². The van der Waals surface area contributed by atoms with Gasteiger partial charge in [0.15, 0.2) is 0 Å². The normalized spacial score (nSPS) is 13.7. The first-order chi connectivity index (χ1) is 9.83. The van der Waals surface area contributed by atoms with Crippen molar-refractivity contribution in [3.63, 3.8) is 0 Å². The molecule has 2 rings (SSSR count). The zero-order valence-corrected chi connectivity index (χ0v) is 10.2. The molecular weight excluding hydrogens is 327 g/mol. The van der Waals surface area contributed by atoms with E-state index >= 15 is 0 Å². The Morgan fingerprint density at radius 2 is 1.05 bits per heavy atom. The lowest BCUT2D eigenvalue weighted by Crippen LogP contribution is -2.20. The summed E-state index contributed by atoms with van der Waals surface area (Å²) in [6.07, 6.45) is -16.4. The molecule has 2 aromatic carbocycles. The van der Waals surface area contributed by atoms with Crippen molar-refractivity contribution < 1.29 is 39.5 Å². The van der Waals surface area contributed by atoms with Gasteiger partial charge >= 0.3 is 18.5 Å². The second-order valence-electron chi connectivity index (χ2n) is 4.29. The molecule has 0 fully saturated rings. The molecule has 119 valence electrons. The number of benzene rings is 2. The summed E-state index contributed by atoms with van der Waals surface area (Å²) in [5, 5.41) is -2.16. The number of hydrogen-bond acceptors (Lipinski definition) is 0. The standard InChI is InChI=1S/C13H4F9/c14-11(15,16)8-5-9(12(17,18)19)10(13(20,21)22)7-4-2-1-3-6(7)8/h1-4H. The molecule has 0 unspecified atom stereocenters. The van der Waals surface area contributed by atoms with Gasteiger partial charge in [0, 0.05) is 6.07 Å². The first-order valence-corrected chi connectivity index (χ1v) is 5.53. The van der Waals surface area contributed by atoms with Crippen LogP contribution in [-0.2, 0) is 18.5 Å². The molecule has 0 nitrogen and oxygen atoms in total. The molecule has 0 aliphatic carbocycles. The molecule has 0 atom stereocenters. The van der Waals surface area contributed by atoms with Crippen molar-refractivity contribution in [3.05, 3.63) is 47.0 Å². The summed E-state index contributed by atoms with van der Waals surface area (Å²) in [6, 6.07) is 4.04. The van der Waals surface area contributed by atoms with Crippen LogP contribution in [0.3, 0.4) is 0 Å². The van der Waals surface area contributed by atoms with Crippen molar-refractivity contribution in [2.75, 3.05) is 0 Å². The Morgan fingerprint density at radius 1 is 0.591 bits per heavy atom. The molecule has 1 radical (unpaired) electrons. The van der Waals surface area contributed by atoms with Crippen molar-refractivity contribution in [2.24, 2.45) is 0 Å². The fourth-order valence-electron chi connectivity index (χ4n) is 2.04. The fraction of sp³-hybridized carbons (Fsp3) is 0.231. The molecule has 2 aromatic rings.